The van der Waals surface area contributed by atoms with Gasteiger partial charge in [0, 0.05) is 36.0 Å². The molecule has 1 aliphatic rings. The molecule has 1 fully saturated rings. The van der Waals surface area contributed by atoms with Crippen LogP contribution in [0.15, 0.2) is 16.9 Å². The zero-order valence-electron chi connectivity index (χ0n) is 9.42. The van der Waals surface area contributed by atoms with Crippen molar-refractivity contribution in [3.05, 3.63) is 33.7 Å². The molecule has 15 heavy (non-hydrogen) atoms. The molecule has 1 aromatic rings. The van der Waals surface area contributed by atoms with Crippen molar-refractivity contribution < 1.29 is 0 Å². The van der Waals surface area contributed by atoms with Crippen LogP contribution >= 0.6 is 0 Å². The van der Waals surface area contributed by atoms with E-state index in [0.717, 1.165) is 37.4 Å². The molecular formula is C12H18N2O. The lowest BCUT2D eigenvalue weighted by Gasteiger charge is -2.13. The minimum absolute atomic E-state index is 0.121. The molecule has 2 rings (SSSR count). The molecular weight excluding hydrogens is 188 g/mol. The molecule has 3 nitrogen and oxygen atoms in total. The Balaban J connectivity index is 2.20. The van der Waals surface area contributed by atoms with E-state index in [1.807, 2.05) is 6.92 Å². The lowest BCUT2D eigenvalue weighted by molar-refractivity contribution is 0.353. The van der Waals surface area contributed by atoms with E-state index >= 15 is 0 Å². The monoisotopic (exact) mass is 206 g/mol. The van der Waals surface area contributed by atoms with Crippen molar-refractivity contribution in [3.63, 3.8) is 0 Å². The predicted octanol–water partition coefficient (Wildman–Crippen LogP) is 1.49. The molecule has 1 saturated heterocycles. The van der Waals surface area contributed by atoms with Crippen LogP contribution in [0.3, 0.4) is 0 Å². The summed E-state index contributed by atoms with van der Waals surface area (Å²) in [5.74, 6) is 0.512. The van der Waals surface area contributed by atoms with Crippen molar-refractivity contribution in [1.82, 2.24) is 9.88 Å². The zero-order valence-corrected chi connectivity index (χ0v) is 9.42. The van der Waals surface area contributed by atoms with Crippen molar-refractivity contribution in [1.29, 1.82) is 0 Å². The Morgan fingerprint density at radius 2 is 2.33 bits per heavy atom. The lowest BCUT2D eigenvalue weighted by Crippen LogP contribution is -2.20. The zero-order chi connectivity index (χ0) is 10.8. The molecule has 1 N–H and O–H groups in total. The molecule has 3 heteroatoms. The molecule has 0 bridgehead atoms. The summed E-state index contributed by atoms with van der Waals surface area (Å²) in [6.45, 7) is 7.46. The van der Waals surface area contributed by atoms with E-state index in [1.54, 1.807) is 12.1 Å². The number of nitrogens with one attached hydrogen (secondary N) is 1. The average molecular weight is 206 g/mol. The Morgan fingerprint density at radius 1 is 1.53 bits per heavy atom. The molecule has 0 amide bonds. The SMILES string of the molecule is CCN1CCC(c2cc(=O)cc(C)[nH]2)C1. The topological polar surface area (TPSA) is 36.1 Å². The van der Waals surface area contributed by atoms with E-state index < -0.39 is 0 Å². The third-order valence-electron chi connectivity index (χ3n) is 3.16. The van der Waals surface area contributed by atoms with Gasteiger partial charge in [-0.15, -0.1) is 0 Å². The van der Waals surface area contributed by atoms with E-state index in [9.17, 15) is 4.79 Å². The molecule has 1 aliphatic heterocycles. The summed E-state index contributed by atoms with van der Waals surface area (Å²) in [5.41, 5.74) is 2.19. The lowest BCUT2D eigenvalue weighted by atomic mass is 10.0. The van der Waals surface area contributed by atoms with Crippen LogP contribution in [0, 0.1) is 6.92 Å². The summed E-state index contributed by atoms with van der Waals surface area (Å²) < 4.78 is 0. The fourth-order valence-electron chi connectivity index (χ4n) is 2.30. The Kier molecular flexibility index (Phi) is 2.91. The molecule has 2 heterocycles. The molecule has 82 valence electrons. The van der Waals surface area contributed by atoms with Gasteiger partial charge in [0.25, 0.3) is 0 Å². The first kappa shape index (κ1) is 10.4. The number of hydrogen-bond acceptors (Lipinski definition) is 2. The minimum atomic E-state index is 0.121. The molecule has 0 spiro atoms. The Morgan fingerprint density at radius 3 is 2.93 bits per heavy atom. The molecule has 1 atom stereocenters. The Hall–Kier alpha value is -1.09. The van der Waals surface area contributed by atoms with Crippen molar-refractivity contribution >= 4 is 0 Å². The van der Waals surface area contributed by atoms with Gasteiger partial charge in [-0.25, -0.2) is 0 Å². The van der Waals surface area contributed by atoms with Crippen LogP contribution in [0.2, 0.25) is 0 Å². The number of aromatic nitrogens is 1. The van der Waals surface area contributed by atoms with Gasteiger partial charge in [-0.3, -0.25) is 4.79 Å². The predicted molar refractivity (Wildman–Crippen MR) is 61.3 cm³/mol. The average Bonchev–Trinajstić information content (AvgIpc) is 2.64. The molecule has 0 radical (unpaired) electrons. The minimum Gasteiger partial charge on any atom is -0.362 e. The fraction of sp³-hybridized carbons (Fsp3) is 0.583. The van der Waals surface area contributed by atoms with Crippen molar-refractivity contribution in [3.8, 4) is 0 Å². The number of H-pyrrole nitrogens is 1. The summed E-state index contributed by atoms with van der Waals surface area (Å²) in [6.07, 6.45) is 1.16. The van der Waals surface area contributed by atoms with E-state index in [-0.39, 0.29) is 5.43 Å². The molecule has 0 aliphatic carbocycles. The highest BCUT2D eigenvalue weighted by Crippen LogP contribution is 2.24. The smallest absolute Gasteiger partial charge is 0.182 e. The number of pyridine rings is 1. The van der Waals surface area contributed by atoms with Crippen LogP contribution in [-0.2, 0) is 0 Å². The third kappa shape index (κ3) is 2.29. The first-order valence-electron chi connectivity index (χ1n) is 5.62. The van der Waals surface area contributed by atoms with E-state index in [0.29, 0.717) is 5.92 Å². The van der Waals surface area contributed by atoms with Gasteiger partial charge in [0.05, 0.1) is 0 Å². The van der Waals surface area contributed by atoms with Crippen LogP contribution in [0.4, 0.5) is 0 Å². The number of likely N-dealkylation sites (N-methyl/N-ethyl adjacent to an activating group) is 1. The van der Waals surface area contributed by atoms with Gasteiger partial charge in [0.2, 0.25) is 0 Å². The van der Waals surface area contributed by atoms with Crippen molar-refractivity contribution in [2.24, 2.45) is 0 Å². The standard InChI is InChI=1S/C12H18N2O/c1-3-14-5-4-10(8-14)12-7-11(15)6-9(2)13-12/h6-7,10H,3-5,8H2,1-2H3,(H,13,15). The number of rotatable bonds is 2. The number of aryl methyl sites for hydroxylation is 1. The quantitative estimate of drug-likeness (QED) is 0.796. The van der Waals surface area contributed by atoms with E-state index in [1.165, 1.54) is 0 Å². The number of nitrogens with zero attached hydrogens (tertiary/aromatic N) is 1. The fourth-order valence-corrected chi connectivity index (χ4v) is 2.30. The largest absolute Gasteiger partial charge is 0.362 e. The molecule has 0 aromatic carbocycles. The Bertz CT molecular complexity index is 397. The highest BCUT2D eigenvalue weighted by Gasteiger charge is 2.23. The van der Waals surface area contributed by atoms with E-state index in [2.05, 4.69) is 16.8 Å². The number of hydrogen-bond donors (Lipinski definition) is 1. The van der Waals surface area contributed by atoms with E-state index in [4.69, 9.17) is 0 Å². The van der Waals surface area contributed by atoms with Crippen molar-refractivity contribution in [2.75, 3.05) is 19.6 Å². The third-order valence-corrected chi connectivity index (χ3v) is 3.16. The number of aromatic amines is 1. The highest BCUT2D eigenvalue weighted by molar-refractivity contribution is 5.16. The molecule has 0 saturated carbocycles. The van der Waals surface area contributed by atoms with Gasteiger partial charge >= 0.3 is 0 Å². The maximum atomic E-state index is 11.4. The second-order valence-electron chi connectivity index (χ2n) is 4.33. The molecule has 1 aromatic heterocycles. The van der Waals surface area contributed by atoms with Crippen LogP contribution < -0.4 is 5.43 Å². The van der Waals surface area contributed by atoms with Gasteiger partial charge in [0.15, 0.2) is 5.43 Å². The summed E-state index contributed by atoms with van der Waals surface area (Å²) in [7, 11) is 0. The normalized spacial score (nSPS) is 22.1. The van der Waals surface area contributed by atoms with Gasteiger partial charge in [-0.2, -0.15) is 0 Å². The van der Waals surface area contributed by atoms with Crippen LogP contribution in [0.5, 0.6) is 0 Å². The van der Waals surface area contributed by atoms with Crippen LogP contribution in [0.1, 0.15) is 30.7 Å². The maximum Gasteiger partial charge on any atom is 0.182 e. The second kappa shape index (κ2) is 4.19. The summed E-state index contributed by atoms with van der Waals surface area (Å²) in [4.78, 5) is 17.1. The van der Waals surface area contributed by atoms with Gasteiger partial charge < -0.3 is 9.88 Å². The van der Waals surface area contributed by atoms with Gasteiger partial charge in [-0.1, -0.05) is 6.92 Å². The van der Waals surface area contributed by atoms with Gasteiger partial charge in [-0.05, 0) is 26.4 Å². The van der Waals surface area contributed by atoms with Crippen LogP contribution in [-0.4, -0.2) is 29.5 Å². The van der Waals surface area contributed by atoms with Crippen molar-refractivity contribution in [2.45, 2.75) is 26.2 Å². The summed E-state index contributed by atoms with van der Waals surface area (Å²) in [6, 6.07) is 3.40. The summed E-state index contributed by atoms with van der Waals surface area (Å²) >= 11 is 0. The first-order chi connectivity index (χ1) is 7.19. The van der Waals surface area contributed by atoms with Gasteiger partial charge in [0.1, 0.15) is 0 Å². The second-order valence-corrected chi connectivity index (χ2v) is 4.33. The number of likely N-dealkylation sites (tertiary alicyclic amines) is 1. The Labute approximate surface area is 90.1 Å². The highest BCUT2D eigenvalue weighted by atomic mass is 16.1. The van der Waals surface area contributed by atoms with Crippen LogP contribution in [0.25, 0.3) is 0 Å². The maximum absolute atomic E-state index is 11.4. The summed E-state index contributed by atoms with van der Waals surface area (Å²) in [5, 5.41) is 0. The molecule has 1 unspecified atom stereocenters. The first-order valence-corrected chi connectivity index (χ1v) is 5.62.